The van der Waals surface area contributed by atoms with Crippen molar-refractivity contribution in [1.82, 2.24) is 15.5 Å². The highest BCUT2D eigenvalue weighted by atomic mass is 16.5. The average Bonchev–Trinajstić information content (AvgIpc) is 2.72. The second-order valence-corrected chi connectivity index (χ2v) is 6.49. The Balaban J connectivity index is 1.97. The second kappa shape index (κ2) is 11.2. The molecule has 2 rings (SSSR count). The van der Waals surface area contributed by atoms with Crippen molar-refractivity contribution >= 4 is 22.6 Å². The maximum Gasteiger partial charge on any atom is 0.224 e. The molecule has 152 valence electrons. The summed E-state index contributed by atoms with van der Waals surface area (Å²) in [4.78, 5) is 18.6. The van der Waals surface area contributed by atoms with Gasteiger partial charge in [-0.05, 0) is 55.3 Å². The first kappa shape index (κ1) is 21.5. The maximum atomic E-state index is 12.1. The van der Waals surface area contributed by atoms with E-state index in [9.17, 15) is 4.79 Å². The van der Waals surface area contributed by atoms with Crippen molar-refractivity contribution in [3.05, 3.63) is 42.0 Å². The highest BCUT2D eigenvalue weighted by Gasteiger charge is 2.09. The van der Waals surface area contributed by atoms with Crippen molar-refractivity contribution in [3.8, 4) is 5.75 Å². The third-order valence-electron chi connectivity index (χ3n) is 4.62. The van der Waals surface area contributed by atoms with Gasteiger partial charge in [0.1, 0.15) is 5.75 Å². The number of nitrogens with zero attached hydrogens (tertiary/aromatic N) is 2. The molecule has 2 aromatic carbocycles. The molecule has 28 heavy (non-hydrogen) atoms. The lowest BCUT2D eigenvalue weighted by Crippen LogP contribution is -2.40. The smallest absolute Gasteiger partial charge is 0.224 e. The largest absolute Gasteiger partial charge is 0.497 e. The molecule has 0 unspecified atom stereocenters. The van der Waals surface area contributed by atoms with E-state index in [1.54, 1.807) is 7.11 Å². The van der Waals surface area contributed by atoms with E-state index < -0.39 is 0 Å². The van der Waals surface area contributed by atoms with Gasteiger partial charge in [0.25, 0.3) is 0 Å². The SMILES string of the molecule is CCNC(=NCc1ccc2cc(OC)ccc2c1)NCCC(=O)N(CC)CC. The summed E-state index contributed by atoms with van der Waals surface area (Å²) in [7, 11) is 1.68. The zero-order chi connectivity index (χ0) is 20.4. The van der Waals surface area contributed by atoms with Crippen LogP contribution in [0.5, 0.6) is 5.75 Å². The molecule has 6 heteroatoms. The van der Waals surface area contributed by atoms with Gasteiger partial charge in [-0.15, -0.1) is 0 Å². The highest BCUT2D eigenvalue weighted by Crippen LogP contribution is 2.22. The molecule has 6 nitrogen and oxygen atoms in total. The number of nitrogens with one attached hydrogen (secondary N) is 2. The van der Waals surface area contributed by atoms with Gasteiger partial charge in [-0.1, -0.05) is 18.2 Å². The van der Waals surface area contributed by atoms with E-state index in [-0.39, 0.29) is 5.91 Å². The number of amides is 1. The number of carbonyl (C=O) groups is 1. The fraction of sp³-hybridized carbons (Fsp3) is 0.455. The Morgan fingerprint density at radius 1 is 1.04 bits per heavy atom. The molecular weight excluding hydrogens is 352 g/mol. The van der Waals surface area contributed by atoms with Crippen LogP contribution in [0.2, 0.25) is 0 Å². The normalized spacial score (nSPS) is 11.4. The second-order valence-electron chi connectivity index (χ2n) is 6.49. The number of fused-ring (bicyclic) bond motifs is 1. The molecule has 2 aromatic rings. The lowest BCUT2D eigenvalue weighted by Gasteiger charge is -2.19. The van der Waals surface area contributed by atoms with Crippen LogP contribution in [-0.2, 0) is 11.3 Å². The van der Waals surface area contributed by atoms with Crippen LogP contribution in [0.1, 0.15) is 32.8 Å². The molecule has 0 saturated carbocycles. The Hall–Kier alpha value is -2.76. The molecule has 0 aromatic heterocycles. The van der Waals surface area contributed by atoms with E-state index in [1.165, 1.54) is 0 Å². The van der Waals surface area contributed by atoms with Gasteiger partial charge in [0.2, 0.25) is 5.91 Å². The molecule has 0 atom stereocenters. The van der Waals surface area contributed by atoms with Crippen molar-refractivity contribution in [2.24, 2.45) is 4.99 Å². The number of rotatable bonds is 9. The maximum absolute atomic E-state index is 12.1. The molecule has 0 aliphatic heterocycles. The number of guanidine groups is 1. The number of ether oxygens (including phenoxy) is 1. The fourth-order valence-electron chi connectivity index (χ4n) is 3.03. The molecule has 0 bridgehead atoms. The van der Waals surface area contributed by atoms with Gasteiger partial charge < -0.3 is 20.3 Å². The summed E-state index contributed by atoms with van der Waals surface area (Å²) in [6.07, 6.45) is 0.462. The van der Waals surface area contributed by atoms with Gasteiger partial charge in [-0.2, -0.15) is 0 Å². The predicted molar refractivity (Wildman–Crippen MR) is 116 cm³/mol. The molecular formula is C22H32N4O2. The van der Waals surface area contributed by atoms with Crippen molar-refractivity contribution in [2.75, 3.05) is 33.3 Å². The summed E-state index contributed by atoms with van der Waals surface area (Å²) in [5.41, 5.74) is 1.13. The number of aliphatic imine (C=N–C) groups is 1. The monoisotopic (exact) mass is 384 g/mol. The summed E-state index contributed by atoms with van der Waals surface area (Å²) >= 11 is 0. The number of hydrogen-bond acceptors (Lipinski definition) is 3. The number of carbonyl (C=O) groups excluding carboxylic acids is 1. The topological polar surface area (TPSA) is 66.0 Å². The molecule has 0 fully saturated rings. The fourth-order valence-corrected chi connectivity index (χ4v) is 3.03. The highest BCUT2D eigenvalue weighted by molar-refractivity contribution is 5.85. The van der Waals surface area contributed by atoms with Gasteiger partial charge in [0.05, 0.1) is 13.7 Å². The van der Waals surface area contributed by atoms with E-state index in [4.69, 9.17) is 4.74 Å². The lowest BCUT2D eigenvalue weighted by atomic mass is 10.1. The first-order chi connectivity index (χ1) is 13.6. The van der Waals surface area contributed by atoms with Crippen LogP contribution in [0.3, 0.4) is 0 Å². The number of methoxy groups -OCH3 is 1. The Morgan fingerprint density at radius 3 is 2.43 bits per heavy atom. The standard InChI is InChI=1S/C22H32N4O2/c1-5-23-22(24-13-12-21(27)26(6-2)7-3)25-16-17-8-9-19-15-20(28-4)11-10-18(19)14-17/h8-11,14-15H,5-7,12-13,16H2,1-4H3,(H2,23,24,25). The van der Waals surface area contributed by atoms with Crippen LogP contribution in [0.25, 0.3) is 10.8 Å². The molecule has 0 aliphatic rings. The molecule has 0 radical (unpaired) electrons. The van der Waals surface area contributed by atoms with Crippen LogP contribution < -0.4 is 15.4 Å². The van der Waals surface area contributed by atoms with Gasteiger partial charge in [-0.25, -0.2) is 4.99 Å². The zero-order valence-corrected chi connectivity index (χ0v) is 17.4. The van der Waals surface area contributed by atoms with Crippen LogP contribution in [0.4, 0.5) is 0 Å². The Labute approximate surface area is 168 Å². The summed E-state index contributed by atoms with van der Waals surface area (Å²) in [5.74, 6) is 1.75. The first-order valence-corrected chi connectivity index (χ1v) is 9.97. The molecule has 0 heterocycles. The summed E-state index contributed by atoms with van der Waals surface area (Å²) in [6.45, 7) is 9.43. The lowest BCUT2D eigenvalue weighted by molar-refractivity contribution is -0.130. The van der Waals surface area contributed by atoms with Crippen molar-refractivity contribution in [3.63, 3.8) is 0 Å². The molecule has 0 aliphatic carbocycles. The average molecular weight is 385 g/mol. The Kier molecular flexibility index (Phi) is 8.59. The molecule has 1 amide bonds. The third-order valence-corrected chi connectivity index (χ3v) is 4.62. The van der Waals surface area contributed by atoms with Crippen molar-refractivity contribution in [2.45, 2.75) is 33.7 Å². The van der Waals surface area contributed by atoms with E-state index in [2.05, 4.69) is 39.9 Å². The summed E-state index contributed by atoms with van der Waals surface area (Å²) in [5, 5.41) is 8.79. The van der Waals surface area contributed by atoms with Crippen LogP contribution >= 0.6 is 0 Å². The minimum atomic E-state index is 0.165. The van der Waals surface area contributed by atoms with E-state index in [0.29, 0.717) is 19.5 Å². The number of benzene rings is 2. The summed E-state index contributed by atoms with van der Waals surface area (Å²) < 4.78 is 5.28. The molecule has 2 N–H and O–H groups in total. The van der Waals surface area contributed by atoms with Gasteiger partial charge in [0.15, 0.2) is 5.96 Å². The molecule has 0 saturated heterocycles. The third kappa shape index (κ3) is 6.15. The zero-order valence-electron chi connectivity index (χ0n) is 17.4. The predicted octanol–water partition coefficient (Wildman–Crippen LogP) is 3.16. The van der Waals surface area contributed by atoms with E-state index in [0.717, 1.165) is 47.7 Å². The Bertz CT molecular complexity index is 800. The van der Waals surface area contributed by atoms with Crippen LogP contribution in [0.15, 0.2) is 41.4 Å². The Morgan fingerprint density at radius 2 is 1.75 bits per heavy atom. The minimum absolute atomic E-state index is 0.165. The first-order valence-electron chi connectivity index (χ1n) is 9.97. The van der Waals surface area contributed by atoms with Gasteiger partial charge in [0, 0.05) is 32.6 Å². The van der Waals surface area contributed by atoms with Crippen LogP contribution in [-0.4, -0.2) is 50.1 Å². The van der Waals surface area contributed by atoms with E-state index in [1.807, 2.05) is 37.8 Å². The minimum Gasteiger partial charge on any atom is -0.497 e. The van der Waals surface area contributed by atoms with Gasteiger partial charge in [-0.3, -0.25) is 4.79 Å². The van der Waals surface area contributed by atoms with Gasteiger partial charge >= 0.3 is 0 Å². The molecule has 0 spiro atoms. The number of hydrogen-bond donors (Lipinski definition) is 2. The van der Waals surface area contributed by atoms with E-state index >= 15 is 0 Å². The van der Waals surface area contributed by atoms with Crippen molar-refractivity contribution < 1.29 is 9.53 Å². The van der Waals surface area contributed by atoms with Crippen LogP contribution in [0, 0.1) is 0 Å². The summed E-state index contributed by atoms with van der Waals surface area (Å²) in [6, 6.07) is 12.4. The van der Waals surface area contributed by atoms with Crippen molar-refractivity contribution in [1.29, 1.82) is 0 Å². The quantitative estimate of drug-likeness (QED) is 0.515.